The summed E-state index contributed by atoms with van der Waals surface area (Å²) >= 11 is 0. The van der Waals surface area contributed by atoms with Crippen molar-refractivity contribution in [1.82, 2.24) is 9.71 Å². The number of pyridine rings is 1. The fourth-order valence-electron chi connectivity index (χ4n) is 2.93. The molecule has 0 saturated carbocycles. The van der Waals surface area contributed by atoms with E-state index in [9.17, 15) is 8.42 Å². The summed E-state index contributed by atoms with van der Waals surface area (Å²) in [6.07, 6.45) is 5.63. The molecule has 0 bridgehead atoms. The van der Waals surface area contributed by atoms with Crippen LogP contribution in [0.4, 0.5) is 5.82 Å². The van der Waals surface area contributed by atoms with E-state index in [1.54, 1.807) is 12.1 Å². The van der Waals surface area contributed by atoms with Gasteiger partial charge in [0.2, 0.25) is 10.0 Å². The highest BCUT2D eigenvalue weighted by atomic mass is 32.2. The molecule has 0 saturated heterocycles. The zero-order valence-corrected chi connectivity index (χ0v) is 15.4. The van der Waals surface area contributed by atoms with E-state index in [1.165, 1.54) is 29.9 Å². The van der Waals surface area contributed by atoms with Crippen LogP contribution in [0, 0.1) is 0 Å². The molecule has 0 atom stereocenters. The van der Waals surface area contributed by atoms with Crippen LogP contribution < -0.4 is 9.62 Å². The lowest BCUT2D eigenvalue weighted by molar-refractivity contribution is 0.588. The Morgan fingerprint density at radius 1 is 1.16 bits per heavy atom. The number of aromatic nitrogens is 1. The summed E-state index contributed by atoms with van der Waals surface area (Å²) in [6.45, 7) is 3.80. The molecule has 0 unspecified atom stereocenters. The van der Waals surface area contributed by atoms with Gasteiger partial charge in [0.05, 0.1) is 0 Å². The van der Waals surface area contributed by atoms with Gasteiger partial charge in [-0.2, -0.15) is 0 Å². The van der Waals surface area contributed by atoms with Crippen molar-refractivity contribution in [3.63, 3.8) is 0 Å². The standard InChI is InChI=1S/C19H23N3O2S/c1-3-15-4-6-16(7-5-15)17-10-12-22(13-11-17)19-9-8-18(14-21-19)25(23,24)20-2/h4-10,14,20H,3,11-13H2,1-2H3. The van der Waals surface area contributed by atoms with Crippen molar-refractivity contribution in [3.8, 4) is 0 Å². The second-order valence-electron chi connectivity index (χ2n) is 6.04. The molecule has 1 N–H and O–H groups in total. The first-order valence-electron chi connectivity index (χ1n) is 8.46. The predicted octanol–water partition coefficient (Wildman–Crippen LogP) is 2.85. The lowest BCUT2D eigenvalue weighted by atomic mass is 9.98. The Bertz CT molecular complexity index is 857. The van der Waals surface area contributed by atoms with Crippen molar-refractivity contribution in [1.29, 1.82) is 0 Å². The molecule has 1 aromatic carbocycles. The number of nitrogens with one attached hydrogen (secondary N) is 1. The summed E-state index contributed by atoms with van der Waals surface area (Å²) in [5, 5.41) is 0. The van der Waals surface area contributed by atoms with Crippen LogP contribution in [0.1, 0.15) is 24.5 Å². The van der Waals surface area contributed by atoms with Crippen molar-refractivity contribution < 1.29 is 8.42 Å². The smallest absolute Gasteiger partial charge is 0.241 e. The molecule has 3 rings (SSSR count). The molecule has 2 heterocycles. The highest BCUT2D eigenvalue weighted by Gasteiger charge is 2.16. The Balaban J connectivity index is 1.71. The van der Waals surface area contributed by atoms with Crippen LogP contribution in [0.25, 0.3) is 5.57 Å². The molecular weight excluding hydrogens is 334 g/mol. The number of hydrogen-bond donors (Lipinski definition) is 1. The fourth-order valence-corrected chi connectivity index (χ4v) is 3.60. The fraction of sp³-hybridized carbons (Fsp3) is 0.316. The van der Waals surface area contributed by atoms with Gasteiger partial charge in [0, 0.05) is 19.3 Å². The average Bonchev–Trinajstić information content (AvgIpc) is 2.68. The molecule has 1 aliphatic heterocycles. The van der Waals surface area contributed by atoms with E-state index in [1.807, 2.05) is 0 Å². The minimum atomic E-state index is -3.44. The van der Waals surface area contributed by atoms with Gasteiger partial charge < -0.3 is 4.90 Å². The van der Waals surface area contributed by atoms with Gasteiger partial charge in [0.1, 0.15) is 10.7 Å². The van der Waals surface area contributed by atoms with Crippen molar-refractivity contribution in [3.05, 3.63) is 59.8 Å². The van der Waals surface area contributed by atoms with E-state index < -0.39 is 10.0 Å². The SMILES string of the molecule is CCc1ccc(C2=CCN(c3ccc(S(=O)(=O)NC)cn3)CC2)cc1. The molecule has 0 radical (unpaired) electrons. The maximum Gasteiger partial charge on any atom is 0.241 e. The number of sulfonamides is 1. The summed E-state index contributed by atoms with van der Waals surface area (Å²) < 4.78 is 25.8. The molecule has 2 aromatic rings. The quantitative estimate of drug-likeness (QED) is 0.894. The monoisotopic (exact) mass is 357 g/mol. The van der Waals surface area contributed by atoms with E-state index >= 15 is 0 Å². The molecule has 0 amide bonds. The Labute approximate surface area is 149 Å². The van der Waals surface area contributed by atoms with E-state index in [2.05, 4.69) is 51.9 Å². The third-order valence-electron chi connectivity index (χ3n) is 4.57. The second-order valence-corrected chi connectivity index (χ2v) is 7.92. The maximum atomic E-state index is 11.8. The first-order chi connectivity index (χ1) is 12.0. The Hall–Kier alpha value is -2.18. The van der Waals surface area contributed by atoms with Gasteiger partial charge in [-0.05, 0) is 48.7 Å². The molecule has 5 nitrogen and oxygen atoms in total. The van der Waals surface area contributed by atoms with Crippen LogP contribution in [0.2, 0.25) is 0 Å². The number of aryl methyl sites for hydroxylation is 1. The first kappa shape index (κ1) is 17.6. The second kappa shape index (κ2) is 7.37. The van der Waals surface area contributed by atoms with Gasteiger partial charge in [-0.1, -0.05) is 37.3 Å². The molecule has 1 aliphatic rings. The number of hydrogen-bond acceptors (Lipinski definition) is 4. The number of anilines is 1. The summed E-state index contributed by atoms with van der Waals surface area (Å²) in [7, 11) is -2.04. The molecule has 25 heavy (non-hydrogen) atoms. The van der Waals surface area contributed by atoms with E-state index in [0.717, 1.165) is 31.7 Å². The van der Waals surface area contributed by atoms with Crippen molar-refractivity contribution in [2.75, 3.05) is 25.0 Å². The molecule has 6 heteroatoms. The zero-order chi connectivity index (χ0) is 17.9. The van der Waals surface area contributed by atoms with Crippen LogP contribution >= 0.6 is 0 Å². The van der Waals surface area contributed by atoms with E-state index in [0.29, 0.717) is 0 Å². The summed E-state index contributed by atoms with van der Waals surface area (Å²) in [4.78, 5) is 6.65. The molecule has 1 aromatic heterocycles. The Morgan fingerprint density at radius 3 is 2.44 bits per heavy atom. The summed E-state index contributed by atoms with van der Waals surface area (Å²) in [6, 6.07) is 12.1. The topological polar surface area (TPSA) is 62.3 Å². The minimum Gasteiger partial charge on any atom is -0.353 e. The maximum absolute atomic E-state index is 11.8. The zero-order valence-electron chi connectivity index (χ0n) is 14.6. The van der Waals surface area contributed by atoms with Crippen LogP contribution in [0.5, 0.6) is 0 Å². The number of nitrogens with zero attached hydrogens (tertiary/aromatic N) is 2. The molecule has 0 aliphatic carbocycles. The Kier molecular flexibility index (Phi) is 5.20. The minimum absolute atomic E-state index is 0.183. The van der Waals surface area contributed by atoms with Crippen LogP contribution in [0.3, 0.4) is 0 Å². The molecule has 0 fully saturated rings. The third kappa shape index (κ3) is 3.91. The Morgan fingerprint density at radius 2 is 1.92 bits per heavy atom. The van der Waals surface area contributed by atoms with E-state index in [-0.39, 0.29) is 4.90 Å². The third-order valence-corrected chi connectivity index (χ3v) is 5.97. The summed E-state index contributed by atoms with van der Waals surface area (Å²) in [5.74, 6) is 0.798. The first-order valence-corrected chi connectivity index (χ1v) is 9.94. The van der Waals surface area contributed by atoms with Crippen molar-refractivity contribution in [2.24, 2.45) is 0 Å². The van der Waals surface area contributed by atoms with Gasteiger partial charge in [-0.3, -0.25) is 0 Å². The van der Waals surface area contributed by atoms with Crippen LogP contribution in [0.15, 0.2) is 53.6 Å². The van der Waals surface area contributed by atoms with Gasteiger partial charge >= 0.3 is 0 Å². The predicted molar refractivity (Wildman–Crippen MR) is 101 cm³/mol. The lowest BCUT2D eigenvalue weighted by Gasteiger charge is -2.27. The van der Waals surface area contributed by atoms with Crippen LogP contribution in [-0.4, -0.2) is 33.5 Å². The van der Waals surface area contributed by atoms with Gasteiger partial charge in [-0.25, -0.2) is 18.1 Å². The largest absolute Gasteiger partial charge is 0.353 e. The normalized spacial score (nSPS) is 15.1. The number of rotatable bonds is 5. The van der Waals surface area contributed by atoms with Crippen molar-refractivity contribution in [2.45, 2.75) is 24.7 Å². The molecular formula is C19H23N3O2S. The van der Waals surface area contributed by atoms with Gasteiger partial charge in [0.15, 0.2) is 0 Å². The summed E-state index contributed by atoms with van der Waals surface area (Å²) in [5.41, 5.74) is 3.98. The van der Waals surface area contributed by atoms with Crippen LogP contribution in [-0.2, 0) is 16.4 Å². The lowest BCUT2D eigenvalue weighted by Crippen LogP contribution is -2.29. The average molecular weight is 357 g/mol. The van der Waals surface area contributed by atoms with Crippen molar-refractivity contribution >= 4 is 21.4 Å². The highest BCUT2D eigenvalue weighted by molar-refractivity contribution is 7.89. The molecule has 0 spiro atoms. The highest BCUT2D eigenvalue weighted by Crippen LogP contribution is 2.25. The molecule has 132 valence electrons. The van der Waals surface area contributed by atoms with Gasteiger partial charge in [-0.15, -0.1) is 0 Å². The van der Waals surface area contributed by atoms with E-state index in [4.69, 9.17) is 0 Å². The number of benzene rings is 1. The van der Waals surface area contributed by atoms with Gasteiger partial charge in [0.25, 0.3) is 0 Å².